The van der Waals surface area contributed by atoms with E-state index in [9.17, 15) is 13.2 Å². The van der Waals surface area contributed by atoms with Crippen LogP contribution in [-0.2, 0) is 25.6 Å². The van der Waals surface area contributed by atoms with Gasteiger partial charge in [-0.15, -0.1) is 0 Å². The van der Waals surface area contributed by atoms with Crippen LogP contribution in [0, 0.1) is 0 Å². The van der Waals surface area contributed by atoms with E-state index in [0.717, 1.165) is 6.26 Å². The van der Waals surface area contributed by atoms with Crippen molar-refractivity contribution in [3.05, 3.63) is 29.6 Å². The van der Waals surface area contributed by atoms with Gasteiger partial charge in [0.25, 0.3) is 10.1 Å². The zero-order valence-corrected chi connectivity index (χ0v) is 9.65. The molecule has 0 N–H and O–H groups in total. The number of nitrogens with zero attached hydrogens (tertiary/aromatic N) is 1. The third-order valence-electron chi connectivity index (χ3n) is 1.66. The quantitative estimate of drug-likeness (QED) is 0.562. The Hall–Kier alpha value is -1.47. The van der Waals surface area contributed by atoms with Gasteiger partial charge in [-0.05, 0) is 17.7 Å². The van der Waals surface area contributed by atoms with E-state index in [2.05, 4.69) is 13.9 Å². The molecule has 0 aromatic carbocycles. The lowest BCUT2D eigenvalue weighted by Crippen LogP contribution is -2.06. The van der Waals surface area contributed by atoms with Crippen molar-refractivity contribution in [2.45, 2.75) is 6.61 Å². The maximum absolute atomic E-state index is 11.1. The van der Waals surface area contributed by atoms with Crippen molar-refractivity contribution in [1.29, 1.82) is 0 Å². The molecule has 0 spiro atoms. The lowest BCUT2D eigenvalue weighted by atomic mass is 10.2. The first kappa shape index (κ1) is 12.6. The first-order chi connectivity index (χ1) is 7.42. The zero-order chi connectivity index (χ0) is 12.2. The molecule has 16 heavy (non-hydrogen) atoms. The number of hydrogen-bond donors (Lipinski definition) is 0. The van der Waals surface area contributed by atoms with Crippen LogP contribution in [0.4, 0.5) is 0 Å². The van der Waals surface area contributed by atoms with Crippen molar-refractivity contribution in [2.24, 2.45) is 0 Å². The van der Waals surface area contributed by atoms with Crippen molar-refractivity contribution < 1.29 is 22.1 Å². The van der Waals surface area contributed by atoms with E-state index in [-0.39, 0.29) is 12.3 Å². The molecule has 0 bridgehead atoms. The molecule has 0 aliphatic carbocycles. The molecule has 1 aromatic rings. The first-order valence-electron chi connectivity index (χ1n) is 4.30. The maximum atomic E-state index is 11.1. The molecule has 7 heteroatoms. The number of carbonyl (C=O) groups excluding carboxylic acids is 1. The third-order valence-corrected chi connectivity index (χ3v) is 2.20. The smallest absolute Gasteiger partial charge is 0.356 e. The van der Waals surface area contributed by atoms with Crippen LogP contribution in [0.5, 0.6) is 0 Å². The summed E-state index contributed by atoms with van der Waals surface area (Å²) in [5.41, 5.74) is 0.637. The van der Waals surface area contributed by atoms with Gasteiger partial charge in [0, 0.05) is 6.20 Å². The summed E-state index contributed by atoms with van der Waals surface area (Å²) in [5.74, 6) is -0.582. The Morgan fingerprint density at radius 3 is 2.75 bits per heavy atom. The predicted molar refractivity (Wildman–Crippen MR) is 55.2 cm³/mol. The summed E-state index contributed by atoms with van der Waals surface area (Å²) in [7, 11) is -2.26. The minimum Gasteiger partial charge on any atom is -0.464 e. The highest BCUT2D eigenvalue weighted by atomic mass is 32.2. The Kier molecular flexibility index (Phi) is 3.97. The Morgan fingerprint density at radius 2 is 2.19 bits per heavy atom. The Labute approximate surface area is 93.3 Å². The molecule has 0 aliphatic rings. The van der Waals surface area contributed by atoms with E-state index in [1.165, 1.54) is 19.4 Å². The average Bonchev–Trinajstić information content (AvgIpc) is 2.25. The fourth-order valence-corrected chi connectivity index (χ4v) is 1.31. The molecular weight excluding hydrogens is 234 g/mol. The summed E-state index contributed by atoms with van der Waals surface area (Å²) in [6.45, 7) is -0.134. The fraction of sp³-hybridized carbons (Fsp3) is 0.333. The monoisotopic (exact) mass is 245 g/mol. The van der Waals surface area contributed by atoms with Crippen LogP contribution in [0.2, 0.25) is 0 Å². The van der Waals surface area contributed by atoms with E-state index in [4.69, 9.17) is 0 Å². The highest BCUT2D eigenvalue weighted by Crippen LogP contribution is 2.06. The second kappa shape index (κ2) is 5.04. The van der Waals surface area contributed by atoms with Crippen LogP contribution in [0.25, 0.3) is 0 Å². The van der Waals surface area contributed by atoms with Gasteiger partial charge >= 0.3 is 5.97 Å². The largest absolute Gasteiger partial charge is 0.464 e. The molecule has 0 saturated carbocycles. The first-order valence-corrected chi connectivity index (χ1v) is 6.11. The SMILES string of the molecule is COC(=O)c1cc(COS(C)(=O)=O)ccn1. The number of rotatable bonds is 4. The van der Waals surface area contributed by atoms with Gasteiger partial charge < -0.3 is 4.74 Å². The van der Waals surface area contributed by atoms with Gasteiger partial charge in [0.1, 0.15) is 5.69 Å². The molecule has 1 aromatic heterocycles. The van der Waals surface area contributed by atoms with E-state index in [0.29, 0.717) is 5.56 Å². The molecule has 0 saturated heterocycles. The number of aromatic nitrogens is 1. The highest BCUT2D eigenvalue weighted by Gasteiger charge is 2.09. The lowest BCUT2D eigenvalue weighted by Gasteiger charge is -2.03. The number of esters is 1. The molecule has 0 unspecified atom stereocenters. The van der Waals surface area contributed by atoms with Crippen molar-refractivity contribution in [1.82, 2.24) is 4.98 Å². The summed E-state index contributed by atoms with van der Waals surface area (Å²) in [6, 6.07) is 2.97. The van der Waals surface area contributed by atoms with E-state index < -0.39 is 16.1 Å². The molecule has 0 aliphatic heterocycles. The zero-order valence-electron chi connectivity index (χ0n) is 8.84. The molecule has 0 radical (unpaired) electrons. The number of hydrogen-bond acceptors (Lipinski definition) is 6. The normalized spacial score (nSPS) is 11.1. The summed E-state index contributed by atoms with van der Waals surface area (Å²) in [6.07, 6.45) is 2.34. The molecule has 1 rings (SSSR count). The Morgan fingerprint density at radius 1 is 1.50 bits per heavy atom. The van der Waals surface area contributed by atoms with E-state index in [1.807, 2.05) is 0 Å². The van der Waals surface area contributed by atoms with Crippen LogP contribution in [-0.4, -0.2) is 32.7 Å². The van der Waals surface area contributed by atoms with Gasteiger partial charge in [-0.1, -0.05) is 0 Å². The summed E-state index contributed by atoms with van der Waals surface area (Å²) < 4.78 is 30.6. The van der Waals surface area contributed by atoms with Gasteiger partial charge in [0.05, 0.1) is 20.0 Å². The molecule has 1 heterocycles. The van der Waals surface area contributed by atoms with Crippen molar-refractivity contribution >= 4 is 16.1 Å². The summed E-state index contributed by atoms with van der Waals surface area (Å²) in [5, 5.41) is 0. The molecule has 88 valence electrons. The van der Waals surface area contributed by atoms with Crippen LogP contribution in [0.3, 0.4) is 0 Å². The third kappa shape index (κ3) is 3.95. The molecular formula is C9H11NO5S. The number of methoxy groups -OCH3 is 1. The van der Waals surface area contributed by atoms with Crippen molar-refractivity contribution in [3.63, 3.8) is 0 Å². The maximum Gasteiger partial charge on any atom is 0.356 e. The van der Waals surface area contributed by atoms with Crippen LogP contribution in [0.15, 0.2) is 18.3 Å². The average molecular weight is 245 g/mol. The highest BCUT2D eigenvalue weighted by molar-refractivity contribution is 7.85. The molecule has 6 nitrogen and oxygen atoms in total. The minimum absolute atomic E-state index is 0.108. The standard InChI is InChI=1S/C9H11NO5S/c1-14-9(11)8-5-7(3-4-10-8)6-15-16(2,12)13/h3-5H,6H2,1-2H3. The van der Waals surface area contributed by atoms with Gasteiger partial charge in [0.15, 0.2) is 0 Å². The number of ether oxygens (including phenoxy) is 1. The van der Waals surface area contributed by atoms with Crippen LogP contribution < -0.4 is 0 Å². The Bertz CT molecular complexity index is 482. The minimum atomic E-state index is -3.50. The molecule has 0 atom stereocenters. The second-order valence-corrected chi connectivity index (χ2v) is 4.65. The predicted octanol–water partition coefficient (Wildman–Crippen LogP) is 0.344. The number of carbonyl (C=O) groups is 1. The topological polar surface area (TPSA) is 82.6 Å². The summed E-state index contributed by atoms with van der Waals surface area (Å²) >= 11 is 0. The van der Waals surface area contributed by atoms with Gasteiger partial charge in [-0.25, -0.2) is 9.78 Å². The number of pyridine rings is 1. The lowest BCUT2D eigenvalue weighted by molar-refractivity contribution is 0.0594. The second-order valence-electron chi connectivity index (χ2n) is 3.01. The van der Waals surface area contributed by atoms with Crippen molar-refractivity contribution in [2.75, 3.05) is 13.4 Å². The van der Waals surface area contributed by atoms with Crippen molar-refractivity contribution in [3.8, 4) is 0 Å². The van der Waals surface area contributed by atoms with E-state index in [1.54, 1.807) is 6.07 Å². The van der Waals surface area contributed by atoms with Gasteiger partial charge in [-0.3, -0.25) is 4.18 Å². The fourth-order valence-electron chi connectivity index (χ4n) is 0.955. The van der Waals surface area contributed by atoms with Gasteiger partial charge in [-0.2, -0.15) is 8.42 Å². The van der Waals surface area contributed by atoms with Gasteiger partial charge in [0.2, 0.25) is 0 Å². The molecule has 0 fully saturated rings. The molecule has 0 amide bonds. The Balaban J connectivity index is 2.79. The van der Waals surface area contributed by atoms with Crippen LogP contribution >= 0.6 is 0 Å². The van der Waals surface area contributed by atoms with E-state index >= 15 is 0 Å². The van der Waals surface area contributed by atoms with Crippen LogP contribution in [0.1, 0.15) is 16.1 Å². The summed E-state index contributed by atoms with van der Waals surface area (Å²) in [4.78, 5) is 14.9.